The zero-order chi connectivity index (χ0) is 21.8. The first-order valence-corrected chi connectivity index (χ1v) is 10.0. The van der Waals surface area contributed by atoms with E-state index in [1.807, 2.05) is 19.9 Å². The Hall–Kier alpha value is -3.20. The smallest absolute Gasteiger partial charge is 0.283 e. The summed E-state index contributed by atoms with van der Waals surface area (Å²) in [6, 6.07) is 12.2. The second kappa shape index (κ2) is 9.08. The van der Waals surface area contributed by atoms with Gasteiger partial charge in [0, 0.05) is 15.9 Å². The molecule has 0 fully saturated rings. The van der Waals surface area contributed by atoms with Crippen LogP contribution in [0, 0.1) is 0 Å². The van der Waals surface area contributed by atoms with E-state index in [9.17, 15) is 14.7 Å². The van der Waals surface area contributed by atoms with E-state index in [4.69, 9.17) is 4.74 Å². The van der Waals surface area contributed by atoms with Gasteiger partial charge in [0.25, 0.3) is 11.8 Å². The van der Waals surface area contributed by atoms with Crippen molar-refractivity contribution in [2.45, 2.75) is 19.9 Å². The third-order valence-corrected chi connectivity index (χ3v) is 5.15. The maximum absolute atomic E-state index is 12.2. The molecule has 3 aromatic rings. The first kappa shape index (κ1) is 21.5. The van der Waals surface area contributed by atoms with Gasteiger partial charge in [0.05, 0.1) is 18.2 Å². The summed E-state index contributed by atoms with van der Waals surface area (Å²) in [6.07, 6.45) is 0. The Bertz CT molecular complexity index is 1140. The Kier molecular flexibility index (Phi) is 6.51. The molecule has 3 rings (SSSR count). The van der Waals surface area contributed by atoms with Gasteiger partial charge in [0.2, 0.25) is 5.88 Å². The maximum atomic E-state index is 12.2. The number of halogens is 1. The summed E-state index contributed by atoms with van der Waals surface area (Å²) < 4.78 is 7.57. The van der Waals surface area contributed by atoms with Crippen molar-refractivity contribution in [1.82, 2.24) is 9.88 Å². The van der Waals surface area contributed by atoms with Crippen molar-refractivity contribution in [3.63, 3.8) is 0 Å². The Morgan fingerprint density at radius 1 is 1.23 bits per heavy atom. The topological polar surface area (TPSA) is 105 Å². The van der Waals surface area contributed by atoms with Gasteiger partial charge in [-0.25, -0.2) is 0 Å². The minimum Gasteiger partial charge on any atom is -0.497 e. The molecule has 0 unspecified atom stereocenters. The SMILES string of the molecule is COc1ccc2c(c1)c(N=NC(=O)CNC(=O)c1ccccc1Br)c(O)n2C(C)C. The molecule has 2 amide bonds. The van der Waals surface area contributed by atoms with Crippen molar-refractivity contribution in [3.05, 3.63) is 52.5 Å². The van der Waals surface area contributed by atoms with E-state index in [0.29, 0.717) is 21.2 Å². The Labute approximate surface area is 181 Å². The predicted molar refractivity (Wildman–Crippen MR) is 117 cm³/mol. The molecule has 0 atom stereocenters. The number of amides is 2. The number of aromatic hydroxyl groups is 1. The van der Waals surface area contributed by atoms with Crippen molar-refractivity contribution in [2.75, 3.05) is 13.7 Å². The van der Waals surface area contributed by atoms with Crippen LogP contribution in [0.1, 0.15) is 30.2 Å². The molecular formula is C21H21BrN4O4. The molecule has 0 spiro atoms. The van der Waals surface area contributed by atoms with Crippen molar-refractivity contribution in [1.29, 1.82) is 0 Å². The summed E-state index contributed by atoms with van der Waals surface area (Å²) in [5.74, 6) is -0.563. The third-order valence-electron chi connectivity index (χ3n) is 4.45. The number of aromatic nitrogens is 1. The summed E-state index contributed by atoms with van der Waals surface area (Å²) in [6.45, 7) is 3.52. The van der Waals surface area contributed by atoms with Crippen molar-refractivity contribution in [2.24, 2.45) is 10.2 Å². The lowest BCUT2D eigenvalue weighted by molar-refractivity contribution is -0.117. The highest BCUT2D eigenvalue weighted by atomic mass is 79.9. The van der Waals surface area contributed by atoms with Crippen LogP contribution in [-0.2, 0) is 4.79 Å². The number of hydrogen-bond donors (Lipinski definition) is 2. The number of nitrogens with zero attached hydrogens (tertiary/aromatic N) is 3. The van der Waals surface area contributed by atoms with Crippen LogP contribution in [-0.4, -0.2) is 35.1 Å². The van der Waals surface area contributed by atoms with Crippen LogP contribution in [0.4, 0.5) is 5.69 Å². The van der Waals surface area contributed by atoms with Crippen LogP contribution in [0.2, 0.25) is 0 Å². The number of rotatable bonds is 6. The summed E-state index contributed by atoms with van der Waals surface area (Å²) in [7, 11) is 1.54. The van der Waals surface area contributed by atoms with Crippen LogP contribution < -0.4 is 10.1 Å². The third kappa shape index (κ3) is 4.35. The minimum atomic E-state index is -0.650. The molecule has 8 nitrogen and oxygen atoms in total. The van der Waals surface area contributed by atoms with Crippen LogP contribution in [0.15, 0.2) is 57.2 Å². The van der Waals surface area contributed by atoms with Crippen molar-refractivity contribution < 1.29 is 19.4 Å². The molecule has 0 aliphatic heterocycles. The predicted octanol–water partition coefficient (Wildman–Crippen LogP) is 4.74. The second-order valence-corrected chi connectivity index (χ2v) is 7.63. The Morgan fingerprint density at radius 3 is 2.63 bits per heavy atom. The highest BCUT2D eigenvalue weighted by molar-refractivity contribution is 9.10. The Morgan fingerprint density at radius 2 is 1.97 bits per heavy atom. The number of carbonyl (C=O) groups is 2. The highest BCUT2D eigenvalue weighted by Gasteiger charge is 2.19. The fourth-order valence-corrected chi connectivity index (χ4v) is 3.51. The van der Waals surface area contributed by atoms with Crippen LogP contribution in [0.25, 0.3) is 10.9 Å². The quantitative estimate of drug-likeness (QED) is 0.505. The molecule has 0 aliphatic carbocycles. The largest absolute Gasteiger partial charge is 0.497 e. The maximum Gasteiger partial charge on any atom is 0.283 e. The standard InChI is InChI=1S/C21H21BrN4O4/c1-12(2)26-17-9-8-13(30-3)10-15(17)19(21(26)29)25-24-18(27)11-23-20(28)14-6-4-5-7-16(14)22/h4-10,12,29H,11H2,1-3H3,(H,23,28). The summed E-state index contributed by atoms with van der Waals surface area (Å²) in [4.78, 5) is 24.3. The van der Waals surface area contributed by atoms with Gasteiger partial charge in [0.15, 0.2) is 5.69 Å². The van der Waals surface area contributed by atoms with E-state index < -0.39 is 11.8 Å². The molecule has 0 saturated heterocycles. The van der Waals surface area contributed by atoms with Gasteiger partial charge in [-0.1, -0.05) is 12.1 Å². The van der Waals surface area contributed by atoms with Crippen molar-refractivity contribution in [3.8, 4) is 11.6 Å². The first-order chi connectivity index (χ1) is 14.3. The van der Waals surface area contributed by atoms with Gasteiger partial charge in [-0.2, -0.15) is 0 Å². The average molecular weight is 473 g/mol. The lowest BCUT2D eigenvalue weighted by atomic mass is 10.2. The van der Waals surface area contributed by atoms with E-state index in [1.54, 1.807) is 48.1 Å². The molecule has 1 heterocycles. The molecule has 0 bridgehead atoms. The molecular weight excluding hydrogens is 452 g/mol. The fraction of sp³-hybridized carbons (Fsp3) is 0.238. The van der Waals surface area contributed by atoms with Gasteiger partial charge in [-0.3, -0.25) is 9.59 Å². The highest BCUT2D eigenvalue weighted by Crippen LogP contribution is 2.42. The number of hydrogen-bond acceptors (Lipinski definition) is 5. The van der Waals surface area contributed by atoms with Gasteiger partial charge in [-0.15, -0.1) is 10.2 Å². The van der Waals surface area contributed by atoms with Crippen LogP contribution in [0.3, 0.4) is 0 Å². The molecule has 1 aromatic heterocycles. The summed E-state index contributed by atoms with van der Waals surface area (Å²) in [5, 5.41) is 21.4. The summed E-state index contributed by atoms with van der Waals surface area (Å²) in [5.41, 5.74) is 1.32. The molecule has 0 saturated carbocycles. The van der Waals surface area contributed by atoms with Gasteiger partial charge >= 0.3 is 0 Å². The van der Waals surface area contributed by atoms with Gasteiger partial charge in [0.1, 0.15) is 12.3 Å². The van der Waals surface area contributed by atoms with E-state index in [0.717, 1.165) is 5.52 Å². The lowest BCUT2D eigenvalue weighted by Crippen LogP contribution is -2.28. The molecule has 0 radical (unpaired) electrons. The molecule has 2 aromatic carbocycles. The minimum absolute atomic E-state index is 0.0378. The number of nitrogens with one attached hydrogen (secondary N) is 1. The van der Waals surface area contributed by atoms with E-state index in [1.165, 1.54) is 0 Å². The lowest BCUT2D eigenvalue weighted by Gasteiger charge is -2.10. The average Bonchev–Trinajstić information content (AvgIpc) is 3.01. The molecule has 2 N–H and O–H groups in total. The van der Waals surface area contributed by atoms with E-state index in [2.05, 4.69) is 31.5 Å². The van der Waals surface area contributed by atoms with Gasteiger partial charge in [-0.05, 0) is 60.1 Å². The molecule has 156 valence electrons. The first-order valence-electron chi connectivity index (χ1n) is 9.21. The van der Waals surface area contributed by atoms with Crippen LogP contribution >= 0.6 is 15.9 Å². The molecule has 30 heavy (non-hydrogen) atoms. The number of benzene rings is 2. The molecule has 9 heteroatoms. The Balaban J connectivity index is 1.81. The number of azo groups is 1. The second-order valence-electron chi connectivity index (χ2n) is 6.78. The number of carbonyl (C=O) groups excluding carboxylic acids is 2. The summed E-state index contributed by atoms with van der Waals surface area (Å²) >= 11 is 3.29. The van der Waals surface area contributed by atoms with Crippen LogP contribution in [0.5, 0.6) is 11.6 Å². The van der Waals surface area contributed by atoms with E-state index in [-0.39, 0.29) is 24.2 Å². The zero-order valence-corrected chi connectivity index (χ0v) is 18.3. The number of methoxy groups -OCH3 is 1. The monoisotopic (exact) mass is 472 g/mol. The normalized spacial score (nSPS) is 11.4. The molecule has 0 aliphatic rings. The van der Waals surface area contributed by atoms with Gasteiger partial charge < -0.3 is 19.7 Å². The van der Waals surface area contributed by atoms with E-state index >= 15 is 0 Å². The number of fused-ring (bicyclic) bond motifs is 1. The van der Waals surface area contributed by atoms with Crippen molar-refractivity contribution >= 4 is 44.3 Å². The fourth-order valence-electron chi connectivity index (χ4n) is 3.05. The number of ether oxygens (including phenoxy) is 1. The zero-order valence-electron chi connectivity index (χ0n) is 16.7.